The number of anilines is 1. The molecule has 1 fully saturated rings. The summed E-state index contributed by atoms with van der Waals surface area (Å²) in [5, 5.41) is 8.13. The minimum Gasteiger partial charge on any atom is -0.467 e. The second-order valence-corrected chi connectivity index (χ2v) is 10.4. The largest absolute Gasteiger partial charge is 0.467 e. The van der Waals surface area contributed by atoms with Gasteiger partial charge in [-0.2, -0.15) is 0 Å². The van der Waals surface area contributed by atoms with Crippen LogP contribution < -0.4 is 10.0 Å². The number of piperazine rings is 1. The lowest BCUT2D eigenvalue weighted by molar-refractivity contribution is 0.101. The summed E-state index contributed by atoms with van der Waals surface area (Å²) in [7, 11) is -3.75. The van der Waals surface area contributed by atoms with Crippen LogP contribution in [0.5, 0.6) is 0 Å². The molecule has 0 amide bonds. The van der Waals surface area contributed by atoms with Crippen molar-refractivity contribution in [1.29, 1.82) is 0 Å². The number of hydrogen-bond donors (Lipinski definition) is 2. The summed E-state index contributed by atoms with van der Waals surface area (Å²) in [4.78, 5) is 24.7. The van der Waals surface area contributed by atoms with Crippen LogP contribution in [0, 0.1) is 6.92 Å². The Kier molecular flexibility index (Phi) is 6.26. The number of nitrogens with one attached hydrogen (secondary N) is 1. The number of carbonyl (C=O) groups excluding carboxylic acids is 1. The molecule has 1 saturated heterocycles. The number of nitrogens with two attached hydrogens (primary N) is 1. The van der Waals surface area contributed by atoms with Gasteiger partial charge in [-0.15, -0.1) is 11.3 Å². The Morgan fingerprint density at radius 3 is 2.62 bits per heavy atom. The van der Waals surface area contributed by atoms with Crippen molar-refractivity contribution in [3.63, 3.8) is 0 Å². The van der Waals surface area contributed by atoms with Crippen LogP contribution in [0.1, 0.15) is 41.2 Å². The van der Waals surface area contributed by atoms with Crippen LogP contribution in [-0.2, 0) is 23.0 Å². The van der Waals surface area contributed by atoms with Crippen LogP contribution in [0.25, 0.3) is 11.4 Å². The second-order valence-electron chi connectivity index (χ2n) is 7.96. The molecule has 4 rings (SSSR count). The van der Waals surface area contributed by atoms with Gasteiger partial charge in [0.05, 0.1) is 12.2 Å². The first-order valence-electron chi connectivity index (χ1n) is 10.4. The van der Waals surface area contributed by atoms with E-state index in [0.29, 0.717) is 12.3 Å². The summed E-state index contributed by atoms with van der Waals surface area (Å²) >= 11 is 1.60. The van der Waals surface area contributed by atoms with Gasteiger partial charge in [-0.25, -0.2) is 18.5 Å². The van der Waals surface area contributed by atoms with E-state index >= 15 is 0 Å². The van der Waals surface area contributed by atoms with Crippen molar-refractivity contribution in [3.8, 4) is 11.4 Å². The third-order valence-corrected chi connectivity index (χ3v) is 7.50. The van der Waals surface area contributed by atoms with Gasteiger partial charge in [-0.1, -0.05) is 6.92 Å². The zero-order valence-corrected chi connectivity index (χ0v) is 20.0. The third kappa shape index (κ3) is 4.51. The van der Waals surface area contributed by atoms with E-state index in [-0.39, 0.29) is 10.7 Å². The summed E-state index contributed by atoms with van der Waals surface area (Å²) in [6, 6.07) is 1.48. The van der Waals surface area contributed by atoms with E-state index in [1.165, 1.54) is 12.3 Å². The maximum absolute atomic E-state index is 12.1. The molecule has 4 heterocycles. The molecule has 0 aromatic carbocycles. The third-order valence-electron chi connectivity index (χ3n) is 5.73. The summed E-state index contributed by atoms with van der Waals surface area (Å²) < 4.78 is 28.2. The Hall–Kier alpha value is -2.47. The van der Waals surface area contributed by atoms with Gasteiger partial charge in [-0.3, -0.25) is 9.69 Å². The minimum absolute atomic E-state index is 0.000355. The predicted octanol–water partition coefficient (Wildman–Crippen LogP) is 2.77. The van der Waals surface area contributed by atoms with Gasteiger partial charge in [0.25, 0.3) is 0 Å². The molecule has 0 unspecified atom stereocenters. The SMILES string of the molecule is CCc1c(-c2csc(N3CCN(Cc4cc(S(N)(=O)=O)co4)CC3)n2)[nH]c(C)c1C(C)=O. The second kappa shape index (κ2) is 8.81. The van der Waals surface area contributed by atoms with E-state index in [2.05, 4.69) is 21.7 Å². The molecule has 3 aromatic heterocycles. The molecule has 32 heavy (non-hydrogen) atoms. The van der Waals surface area contributed by atoms with E-state index in [0.717, 1.165) is 65.9 Å². The topological polar surface area (TPSA) is 126 Å². The Labute approximate surface area is 191 Å². The number of nitrogens with zero attached hydrogens (tertiary/aromatic N) is 3. The van der Waals surface area contributed by atoms with Gasteiger partial charge >= 0.3 is 0 Å². The minimum atomic E-state index is -3.75. The molecule has 0 atom stereocenters. The fraction of sp³-hybridized carbons (Fsp3) is 0.429. The number of carbonyl (C=O) groups is 1. The van der Waals surface area contributed by atoms with Crippen molar-refractivity contribution in [3.05, 3.63) is 40.3 Å². The number of H-pyrrole nitrogens is 1. The molecule has 1 aliphatic heterocycles. The van der Waals surface area contributed by atoms with Gasteiger partial charge in [0.2, 0.25) is 10.0 Å². The fourth-order valence-corrected chi connectivity index (χ4v) is 5.51. The van der Waals surface area contributed by atoms with Gasteiger partial charge in [0, 0.05) is 48.9 Å². The normalized spacial score (nSPS) is 15.4. The summed E-state index contributed by atoms with van der Waals surface area (Å²) in [5.74, 6) is 0.649. The summed E-state index contributed by atoms with van der Waals surface area (Å²) in [5.41, 5.74) is 4.48. The number of furan rings is 1. The van der Waals surface area contributed by atoms with Crippen molar-refractivity contribution >= 4 is 32.3 Å². The molecular formula is C21H27N5O4S2. The first-order valence-corrected chi connectivity index (χ1v) is 12.9. The maximum Gasteiger partial charge on any atom is 0.241 e. The molecule has 0 radical (unpaired) electrons. The van der Waals surface area contributed by atoms with Crippen molar-refractivity contribution in [2.45, 2.75) is 38.6 Å². The lowest BCUT2D eigenvalue weighted by atomic mass is 10.0. The van der Waals surface area contributed by atoms with Crippen molar-refractivity contribution in [2.75, 3.05) is 31.1 Å². The summed E-state index contributed by atoms with van der Waals surface area (Å²) in [6.07, 6.45) is 1.95. The van der Waals surface area contributed by atoms with Crippen molar-refractivity contribution < 1.29 is 17.6 Å². The standard InChI is InChI=1S/C21H27N5O4S2/c1-4-17-19(14(3)27)13(2)23-20(17)18-12-31-21(24-18)26-7-5-25(6-8-26)10-15-9-16(11-30-15)32(22,28)29/h9,11-12,23H,4-8,10H2,1-3H3,(H2,22,28,29). The molecule has 0 aliphatic carbocycles. The van der Waals surface area contributed by atoms with E-state index in [4.69, 9.17) is 14.5 Å². The van der Waals surface area contributed by atoms with Gasteiger partial charge < -0.3 is 14.3 Å². The maximum atomic E-state index is 12.1. The fourth-order valence-electron chi connectivity index (χ4n) is 4.16. The van der Waals surface area contributed by atoms with Crippen LogP contribution >= 0.6 is 11.3 Å². The van der Waals surface area contributed by atoms with Crippen LogP contribution in [-0.4, -0.2) is 55.2 Å². The summed E-state index contributed by atoms with van der Waals surface area (Å²) in [6.45, 7) is 9.32. The van der Waals surface area contributed by atoms with Crippen LogP contribution in [0.4, 0.5) is 5.13 Å². The zero-order valence-electron chi connectivity index (χ0n) is 18.3. The number of rotatable bonds is 7. The number of primary sulfonamides is 1. The molecule has 3 aromatic rings. The Morgan fingerprint density at radius 2 is 2.03 bits per heavy atom. The quantitative estimate of drug-likeness (QED) is 0.501. The Morgan fingerprint density at radius 1 is 1.31 bits per heavy atom. The zero-order chi connectivity index (χ0) is 23.0. The molecular weight excluding hydrogens is 450 g/mol. The molecule has 172 valence electrons. The van der Waals surface area contributed by atoms with E-state index in [1.54, 1.807) is 18.3 Å². The highest BCUT2D eigenvalue weighted by molar-refractivity contribution is 7.89. The molecule has 0 bridgehead atoms. The van der Waals surface area contributed by atoms with Crippen LogP contribution in [0.3, 0.4) is 0 Å². The van der Waals surface area contributed by atoms with E-state index in [1.807, 2.05) is 12.3 Å². The molecule has 0 spiro atoms. The molecule has 11 heteroatoms. The van der Waals surface area contributed by atoms with E-state index in [9.17, 15) is 13.2 Å². The number of aryl methyl sites for hydroxylation is 1. The molecule has 3 N–H and O–H groups in total. The average Bonchev–Trinajstić information content (AvgIpc) is 3.46. The highest BCUT2D eigenvalue weighted by atomic mass is 32.2. The first kappa shape index (κ1) is 22.7. The van der Waals surface area contributed by atoms with Gasteiger partial charge in [0.15, 0.2) is 10.9 Å². The lowest BCUT2D eigenvalue weighted by Gasteiger charge is -2.34. The van der Waals surface area contributed by atoms with Crippen molar-refractivity contribution in [2.24, 2.45) is 5.14 Å². The molecule has 0 saturated carbocycles. The number of thiazole rings is 1. The number of aromatic nitrogens is 2. The number of hydrogen-bond acceptors (Lipinski definition) is 8. The molecule has 1 aliphatic rings. The predicted molar refractivity (Wildman–Crippen MR) is 124 cm³/mol. The smallest absolute Gasteiger partial charge is 0.241 e. The Bertz CT molecular complexity index is 1230. The average molecular weight is 478 g/mol. The van der Waals surface area contributed by atoms with Crippen molar-refractivity contribution in [1.82, 2.24) is 14.9 Å². The van der Waals surface area contributed by atoms with E-state index < -0.39 is 10.0 Å². The highest BCUT2D eigenvalue weighted by Crippen LogP contribution is 2.33. The number of Topliss-reactive ketones (excluding diaryl/α,β-unsaturated/α-hetero) is 1. The van der Waals surface area contributed by atoms with Gasteiger partial charge in [0.1, 0.15) is 22.6 Å². The molecule has 9 nitrogen and oxygen atoms in total. The van der Waals surface area contributed by atoms with Gasteiger partial charge in [-0.05, 0) is 25.8 Å². The highest BCUT2D eigenvalue weighted by Gasteiger charge is 2.24. The lowest BCUT2D eigenvalue weighted by Crippen LogP contribution is -2.45. The van der Waals surface area contributed by atoms with Crippen LogP contribution in [0.2, 0.25) is 0 Å². The van der Waals surface area contributed by atoms with Crippen LogP contribution in [0.15, 0.2) is 27.0 Å². The number of sulfonamides is 1. The number of ketones is 1. The number of aromatic amines is 1. The first-order chi connectivity index (χ1) is 15.2. The Balaban J connectivity index is 1.42. The monoisotopic (exact) mass is 477 g/mol.